The van der Waals surface area contributed by atoms with Crippen molar-refractivity contribution in [2.45, 2.75) is 57.0 Å². The van der Waals surface area contributed by atoms with Crippen molar-refractivity contribution in [2.24, 2.45) is 0 Å². The molecule has 9 nitrogen and oxygen atoms in total. The number of anilines is 3. The number of aromatic amines is 1. The van der Waals surface area contributed by atoms with Gasteiger partial charge in [-0.05, 0) is 43.9 Å². The number of nitrogens with zero attached hydrogens (tertiary/aromatic N) is 4. The SMILES string of the molecule is COc1cc(P2(=O)CCN(C3CC3)CC2)ccc1Nc1nc(NC2CCCCC2)c2c(C#N)c[nH]c2n1. The maximum atomic E-state index is 13.8. The van der Waals surface area contributed by atoms with Crippen LogP contribution in [0.3, 0.4) is 0 Å². The van der Waals surface area contributed by atoms with Crippen LogP contribution in [0.5, 0.6) is 5.75 Å². The van der Waals surface area contributed by atoms with E-state index < -0.39 is 7.14 Å². The van der Waals surface area contributed by atoms with Crippen LogP contribution in [0.1, 0.15) is 50.5 Å². The van der Waals surface area contributed by atoms with Gasteiger partial charge in [-0.15, -0.1) is 0 Å². The first kappa shape index (κ1) is 24.3. The van der Waals surface area contributed by atoms with Crippen molar-refractivity contribution in [1.29, 1.82) is 5.26 Å². The monoisotopic (exact) mass is 519 g/mol. The van der Waals surface area contributed by atoms with E-state index >= 15 is 0 Å². The van der Waals surface area contributed by atoms with Crippen molar-refractivity contribution in [3.8, 4) is 11.8 Å². The Hall–Kier alpha value is -3.08. The highest BCUT2D eigenvalue weighted by atomic mass is 31.2. The summed E-state index contributed by atoms with van der Waals surface area (Å²) in [4.78, 5) is 15.0. The summed E-state index contributed by atoms with van der Waals surface area (Å²) in [6.07, 6.45) is 11.5. The lowest BCUT2D eigenvalue weighted by atomic mass is 9.95. The molecule has 2 saturated carbocycles. The summed E-state index contributed by atoms with van der Waals surface area (Å²) in [5, 5.41) is 18.1. The number of aromatic nitrogens is 3. The molecule has 0 bridgehead atoms. The molecule has 1 saturated heterocycles. The Morgan fingerprint density at radius 3 is 2.62 bits per heavy atom. The first-order valence-electron chi connectivity index (χ1n) is 13.4. The van der Waals surface area contributed by atoms with Gasteiger partial charge >= 0.3 is 0 Å². The quantitative estimate of drug-likeness (QED) is 0.381. The molecule has 0 radical (unpaired) electrons. The zero-order valence-corrected chi connectivity index (χ0v) is 22.2. The van der Waals surface area contributed by atoms with E-state index in [4.69, 9.17) is 9.72 Å². The summed E-state index contributed by atoms with van der Waals surface area (Å²) in [5.41, 5.74) is 1.85. The van der Waals surface area contributed by atoms with E-state index in [-0.39, 0.29) is 0 Å². The van der Waals surface area contributed by atoms with Gasteiger partial charge in [0.25, 0.3) is 0 Å². The van der Waals surface area contributed by atoms with Crippen LogP contribution in [-0.2, 0) is 4.57 Å². The van der Waals surface area contributed by atoms with Gasteiger partial charge in [-0.2, -0.15) is 15.2 Å². The second-order valence-electron chi connectivity index (χ2n) is 10.5. The minimum Gasteiger partial charge on any atom is -0.495 e. The van der Waals surface area contributed by atoms with Crippen molar-refractivity contribution in [3.63, 3.8) is 0 Å². The average molecular weight is 520 g/mol. The minimum atomic E-state index is -2.45. The lowest BCUT2D eigenvalue weighted by Gasteiger charge is -2.32. The summed E-state index contributed by atoms with van der Waals surface area (Å²) in [6, 6.07) is 9.08. The Bertz CT molecular complexity index is 1380. The van der Waals surface area contributed by atoms with Gasteiger partial charge in [0.15, 0.2) is 0 Å². The van der Waals surface area contributed by atoms with Crippen LogP contribution >= 0.6 is 7.14 Å². The molecular formula is C27H34N7O2P. The maximum absolute atomic E-state index is 13.8. The molecule has 0 unspecified atom stereocenters. The fourth-order valence-corrected chi connectivity index (χ4v) is 8.34. The summed E-state index contributed by atoms with van der Waals surface area (Å²) >= 11 is 0. The number of benzene rings is 1. The molecule has 3 heterocycles. The summed E-state index contributed by atoms with van der Waals surface area (Å²) in [7, 11) is -0.821. The number of hydrogen-bond donors (Lipinski definition) is 3. The lowest BCUT2D eigenvalue weighted by molar-refractivity contribution is 0.285. The molecule has 0 atom stereocenters. The van der Waals surface area contributed by atoms with Crippen molar-refractivity contribution < 1.29 is 9.30 Å². The Kier molecular flexibility index (Phi) is 6.56. The fourth-order valence-electron chi connectivity index (χ4n) is 5.75. The van der Waals surface area contributed by atoms with E-state index in [1.165, 1.54) is 32.1 Å². The van der Waals surface area contributed by atoms with Crippen molar-refractivity contribution in [3.05, 3.63) is 30.0 Å². The van der Waals surface area contributed by atoms with E-state index in [0.717, 1.165) is 48.9 Å². The molecule has 37 heavy (non-hydrogen) atoms. The highest BCUT2D eigenvalue weighted by Gasteiger charge is 2.37. The van der Waals surface area contributed by atoms with Crippen molar-refractivity contribution >= 4 is 40.9 Å². The Morgan fingerprint density at radius 1 is 1.14 bits per heavy atom. The first-order chi connectivity index (χ1) is 18.1. The van der Waals surface area contributed by atoms with Gasteiger partial charge in [0.2, 0.25) is 5.95 Å². The second kappa shape index (κ2) is 10.00. The van der Waals surface area contributed by atoms with Gasteiger partial charge in [-0.1, -0.05) is 19.3 Å². The van der Waals surface area contributed by atoms with Crippen LogP contribution in [-0.4, -0.2) is 64.5 Å². The highest BCUT2D eigenvalue weighted by molar-refractivity contribution is 7.71. The van der Waals surface area contributed by atoms with Crippen LogP contribution in [0.4, 0.5) is 17.5 Å². The van der Waals surface area contributed by atoms with Crippen LogP contribution in [0.25, 0.3) is 11.0 Å². The highest BCUT2D eigenvalue weighted by Crippen LogP contribution is 2.49. The molecule has 2 aromatic heterocycles. The fraction of sp³-hybridized carbons (Fsp3) is 0.519. The molecule has 194 valence electrons. The molecule has 2 aliphatic carbocycles. The van der Waals surface area contributed by atoms with Crippen LogP contribution in [0, 0.1) is 11.3 Å². The third kappa shape index (κ3) is 4.93. The Balaban J connectivity index is 1.27. The number of hydrogen-bond acceptors (Lipinski definition) is 8. The summed E-state index contributed by atoms with van der Waals surface area (Å²) in [6.45, 7) is 1.82. The molecule has 3 aliphatic rings. The van der Waals surface area contributed by atoms with Gasteiger partial charge in [0.05, 0.1) is 23.7 Å². The number of methoxy groups -OCH3 is 1. The van der Waals surface area contributed by atoms with E-state index in [9.17, 15) is 9.83 Å². The molecule has 10 heteroatoms. The number of nitriles is 1. The number of rotatable bonds is 7. The van der Waals surface area contributed by atoms with Crippen molar-refractivity contribution in [1.82, 2.24) is 19.9 Å². The normalized spacial score (nSPS) is 20.4. The molecule has 3 N–H and O–H groups in total. The third-order valence-electron chi connectivity index (χ3n) is 8.06. The molecule has 0 amide bonds. The lowest BCUT2D eigenvalue weighted by Crippen LogP contribution is -2.38. The van der Waals surface area contributed by atoms with E-state index in [1.54, 1.807) is 13.3 Å². The molecule has 6 rings (SSSR count). The van der Waals surface area contributed by atoms with Gasteiger partial charge < -0.3 is 24.9 Å². The molecule has 0 spiro atoms. The van der Waals surface area contributed by atoms with Crippen LogP contribution < -0.4 is 20.7 Å². The number of H-pyrrole nitrogens is 1. The van der Waals surface area contributed by atoms with Gasteiger partial charge in [0, 0.05) is 49.0 Å². The Morgan fingerprint density at radius 2 is 1.92 bits per heavy atom. The number of fused-ring (bicyclic) bond motifs is 1. The summed E-state index contributed by atoms with van der Waals surface area (Å²) in [5.74, 6) is 1.69. The van der Waals surface area contributed by atoms with E-state index in [1.807, 2.05) is 18.2 Å². The topological polar surface area (TPSA) is 119 Å². The van der Waals surface area contributed by atoms with Gasteiger partial charge in [-0.3, -0.25) is 4.90 Å². The van der Waals surface area contributed by atoms with E-state index in [0.29, 0.717) is 46.5 Å². The summed E-state index contributed by atoms with van der Waals surface area (Å²) < 4.78 is 19.5. The Labute approximate surface area is 217 Å². The predicted molar refractivity (Wildman–Crippen MR) is 147 cm³/mol. The smallest absolute Gasteiger partial charge is 0.231 e. The largest absolute Gasteiger partial charge is 0.495 e. The zero-order valence-electron chi connectivity index (χ0n) is 21.3. The number of nitrogens with one attached hydrogen (secondary N) is 3. The minimum absolute atomic E-state index is 0.332. The molecule has 3 aromatic rings. The van der Waals surface area contributed by atoms with Gasteiger partial charge in [-0.25, -0.2) is 0 Å². The van der Waals surface area contributed by atoms with E-state index in [2.05, 4.69) is 31.6 Å². The predicted octanol–water partition coefficient (Wildman–Crippen LogP) is 4.79. The molecule has 1 aromatic carbocycles. The number of ether oxygens (including phenoxy) is 1. The molecular weight excluding hydrogens is 485 g/mol. The van der Waals surface area contributed by atoms with Crippen LogP contribution in [0.2, 0.25) is 0 Å². The van der Waals surface area contributed by atoms with Crippen molar-refractivity contribution in [2.75, 3.05) is 43.2 Å². The molecule has 3 fully saturated rings. The average Bonchev–Trinajstić information content (AvgIpc) is 3.69. The second-order valence-corrected chi connectivity index (χ2v) is 13.7. The standard InChI is InChI=1S/C27H34N7O2P/c1-36-23-15-21(37(35)13-11-34(12-14-37)20-7-8-20)9-10-22(23)31-27-32-25-24(18(16-28)17-29-25)26(33-27)30-19-5-3-2-4-6-19/h9-10,15,17,19-20H,2-8,11-14H2,1H3,(H3,29,30,31,32,33). The third-order valence-corrected chi connectivity index (χ3v) is 11.1. The zero-order chi connectivity index (χ0) is 25.4. The van der Waals surface area contributed by atoms with Crippen LogP contribution in [0.15, 0.2) is 24.4 Å². The maximum Gasteiger partial charge on any atom is 0.231 e. The first-order valence-corrected chi connectivity index (χ1v) is 15.5. The van der Waals surface area contributed by atoms with Gasteiger partial charge in [0.1, 0.15) is 30.4 Å². The molecule has 1 aliphatic heterocycles.